The summed E-state index contributed by atoms with van der Waals surface area (Å²) in [6.07, 6.45) is 5.50. The van der Waals surface area contributed by atoms with Gasteiger partial charge in [0.05, 0.1) is 30.5 Å². The van der Waals surface area contributed by atoms with Crippen LogP contribution >= 0.6 is 0 Å². The summed E-state index contributed by atoms with van der Waals surface area (Å²) in [5, 5.41) is 5.73. The van der Waals surface area contributed by atoms with E-state index in [0.29, 0.717) is 11.2 Å². The summed E-state index contributed by atoms with van der Waals surface area (Å²) in [6.45, 7) is 3.29. The molecule has 0 radical (unpaired) electrons. The SMILES string of the molecule is CN(c1ccc(N2CCOCC2)cc1)c1nc(-c2cnn(C)c2)cc2ccn(C)c(=O)c12. The van der Waals surface area contributed by atoms with Crippen molar-refractivity contribution in [1.29, 1.82) is 0 Å². The van der Waals surface area contributed by atoms with Crippen molar-refractivity contribution in [2.24, 2.45) is 14.1 Å². The quantitative estimate of drug-likeness (QED) is 0.496. The standard InChI is InChI=1S/C24H26N6O2/c1-27-9-8-17-14-21(18-15-25-28(2)16-18)26-23(22(17)24(27)31)29(3)19-4-6-20(7-5-19)30-10-12-32-13-11-30/h4-9,14-16H,10-13H2,1-3H3. The van der Waals surface area contributed by atoms with Crippen molar-refractivity contribution in [3.63, 3.8) is 0 Å². The molecule has 164 valence electrons. The molecule has 0 unspecified atom stereocenters. The van der Waals surface area contributed by atoms with Gasteiger partial charge in [0, 0.05) is 63.6 Å². The van der Waals surface area contributed by atoms with Gasteiger partial charge in [0.2, 0.25) is 0 Å². The van der Waals surface area contributed by atoms with Crippen molar-refractivity contribution in [2.75, 3.05) is 43.2 Å². The van der Waals surface area contributed by atoms with E-state index in [2.05, 4.69) is 34.3 Å². The number of fused-ring (bicyclic) bond motifs is 1. The summed E-state index contributed by atoms with van der Waals surface area (Å²) in [6, 6.07) is 12.3. The van der Waals surface area contributed by atoms with Crippen molar-refractivity contribution in [2.45, 2.75) is 0 Å². The number of morpholine rings is 1. The Balaban J connectivity index is 1.60. The Morgan fingerprint density at radius 2 is 1.81 bits per heavy atom. The summed E-state index contributed by atoms with van der Waals surface area (Å²) < 4.78 is 8.80. The van der Waals surface area contributed by atoms with E-state index in [9.17, 15) is 4.79 Å². The normalized spacial score (nSPS) is 14.2. The molecule has 1 aliphatic rings. The smallest absolute Gasteiger partial charge is 0.261 e. The average Bonchev–Trinajstić information content (AvgIpc) is 3.27. The van der Waals surface area contributed by atoms with Gasteiger partial charge >= 0.3 is 0 Å². The zero-order valence-corrected chi connectivity index (χ0v) is 18.5. The number of hydrogen-bond acceptors (Lipinski definition) is 6. The maximum Gasteiger partial charge on any atom is 0.261 e. The molecule has 1 fully saturated rings. The van der Waals surface area contributed by atoms with E-state index in [4.69, 9.17) is 9.72 Å². The lowest BCUT2D eigenvalue weighted by Gasteiger charge is -2.29. The molecule has 3 aromatic heterocycles. The van der Waals surface area contributed by atoms with Crippen LogP contribution in [0.25, 0.3) is 22.0 Å². The van der Waals surface area contributed by atoms with Gasteiger partial charge in [-0.05, 0) is 41.8 Å². The van der Waals surface area contributed by atoms with Gasteiger partial charge in [-0.25, -0.2) is 4.98 Å². The maximum absolute atomic E-state index is 13.1. The Hall–Kier alpha value is -3.65. The summed E-state index contributed by atoms with van der Waals surface area (Å²) in [5.41, 5.74) is 3.76. The van der Waals surface area contributed by atoms with Crippen molar-refractivity contribution in [1.82, 2.24) is 19.3 Å². The molecule has 0 aliphatic carbocycles. The second kappa shape index (κ2) is 8.12. The summed E-state index contributed by atoms with van der Waals surface area (Å²) in [5.74, 6) is 0.627. The largest absolute Gasteiger partial charge is 0.378 e. The molecular weight excluding hydrogens is 404 g/mol. The topological polar surface area (TPSA) is 68.4 Å². The highest BCUT2D eigenvalue weighted by Crippen LogP contribution is 2.32. The molecule has 0 amide bonds. The van der Waals surface area contributed by atoms with Gasteiger partial charge in [-0.1, -0.05) is 0 Å². The minimum atomic E-state index is -0.0699. The zero-order valence-electron chi connectivity index (χ0n) is 18.5. The lowest BCUT2D eigenvalue weighted by molar-refractivity contribution is 0.122. The van der Waals surface area contributed by atoms with E-state index in [1.165, 1.54) is 5.69 Å². The van der Waals surface area contributed by atoms with Gasteiger partial charge in [-0.3, -0.25) is 9.48 Å². The highest BCUT2D eigenvalue weighted by molar-refractivity contribution is 5.95. The first-order valence-corrected chi connectivity index (χ1v) is 10.7. The monoisotopic (exact) mass is 430 g/mol. The second-order valence-electron chi connectivity index (χ2n) is 8.10. The third-order valence-corrected chi connectivity index (χ3v) is 5.97. The summed E-state index contributed by atoms with van der Waals surface area (Å²) in [7, 11) is 5.59. The molecule has 0 saturated carbocycles. The average molecular weight is 431 g/mol. The first-order chi connectivity index (χ1) is 15.5. The Kier molecular flexibility index (Phi) is 5.14. The predicted octanol–water partition coefficient (Wildman–Crippen LogP) is 2.94. The highest BCUT2D eigenvalue weighted by Gasteiger charge is 2.18. The van der Waals surface area contributed by atoms with E-state index in [1.807, 2.05) is 37.3 Å². The molecule has 0 N–H and O–H groups in total. The minimum Gasteiger partial charge on any atom is -0.378 e. The van der Waals surface area contributed by atoms with Crippen LogP contribution in [0.3, 0.4) is 0 Å². The minimum absolute atomic E-state index is 0.0699. The van der Waals surface area contributed by atoms with E-state index in [0.717, 1.165) is 48.6 Å². The molecule has 1 aromatic carbocycles. The number of benzene rings is 1. The molecule has 4 heterocycles. The number of aromatic nitrogens is 4. The first kappa shape index (κ1) is 20.3. The third-order valence-electron chi connectivity index (χ3n) is 5.97. The number of rotatable bonds is 4. The lowest BCUT2D eigenvalue weighted by Crippen LogP contribution is -2.36. The fraction of sp³-hybridized carbons (Fsp3) is 0.292. The van der Waals surface area contributed by atoms with Gasteiger partial charge in [0.1, 0.15) is 5.82 Å². The van der Waals surface area contributed by atoms with E-state index in [-0.39, 0.29) is 5.56 Å². The van der Waals surface area contributed by atoms with Gasteiger partial charge in [-0.15, -0.1) is 0 Å². The fourth-order valence-corrected chi connectivity index (χ4v) is 4.11. The molecule has 8 nitrogen and oxygen atoms in total. The van der Waals surface area contributed by atoms with Crippen LogP contribution in [-0.4, -0.2) is 52.7 Å². The molecule has 32 heavy (non-hydrogen) atoms. The van der Waals surface area contributed by atoms with Crippen LogP contribution in [0, 0.1) is 0 Å². The number of ether oxygens (including phenoxy) is 1. The molecule has 5 rings (SSSR count). The highest BCUT2D eigenvalue weighted by atomic mass is 16.5. The summed E-state index contributed by atoms with van der Waals surface area (Å²) in [4.78, 5) is 22.3. The molecule has 8 heteroatoms. The van der Waals surface area contributed by atoms with Crippen LogP contribution in [0.15, 0.2) is 59.8 Å². The number of aryl methyl sites for hydroxylation is 2. The molecule has 0 bridgehead atoms. The molecule has 1 aliphatic heterocycles. The number of nitrogens with zero attached hydrogens (tertiary/aromatic N) is 6. The van der Waals surface area contributed by atoms with Crippen LogP contribution in [0.4, 0.5) is 17.2 Å². The van der Waals surface area contributed by atoms with Crippen molar-refractivity contribution < 1.29 is 4.74 Å². The first-order valence-electron chi connectivity index (χ1n) is 10.7. The lowest BCUT2D eigenvalue weighted by atomic mass is 10.1. The number of hydrogen-bond donors (Lipinski definition) is 0. The molecule has 1 saturated heterocycles. The van der Waals surface area contributed by atoms with Crippen LogP contribution in [0.2, 0.25) is 0 Å². The Morgan fingerprint density at radius 3 is 2.50 bits per heavy atom. The number of anilines is 3. The van der Waals surface area contributed by atoms with E-state index in [1.54, 1.807) is 28.7 Å². The Morgan fingerprint density at radius 1 is 1.06 bits per heavy atom. The van der Waals surface area contributed by atoms with Crippen molar-refractivity contribution in [3.05, 3.63) is 65.3 Å². The Bertz CT molecular complexity index is 1320. The second-order valence-corrected chi connectivity index (χ2v) is 8.10. The van der Waals surface area contributed by atoms with Crippen LogP contribution in [0.5, 0.6) is 0 Å². The van der Waals surface area contributed by atoms with Gasteiger partial charge < -0.3 is 19.1 Å². The van der Waals surface area contributed by atoms with E-state index >= 15 is 0 Å². The molecule has 0 atom stereocenters. The van der Waals surface area contributed by atoms with Gasteiger partial charge in [0.15, 0.2) is 0 Å². The maximum atomic E-state index is 13.1. The Labute approximate surface area is 186 Å². The van der Waals surface area contributed by atoms with Crippen molar-refractivity contribution in [3.8, 4) is 11.3 Å². The van der Waals surface area contributed by atoms with Gasteiger partial charge in [0.25, 0.3) is 5.56 Å². The van der Waals surface area contributed by atoms with E-state index < -0.39 is 0 Å². The van der Waals surface area contributed by atoms with Crippen LogP contribution in [0.1, 0.15) is 0 Å². The van der Waals surface area contributed by atoms with Gasteiger partial charge in [-0.2, -0.15) is 5.10 Å². The third kappa shape index (κ3) is 3.62. The molecular formula is C24H26N6O2. The molecule has 0 spiro atoms. The predicted molar refractivity (Wildman–Crippen MR) is 127 cm³/mol. The number of pyridine rings is 2. The fourth-order valence-electron chi connectivity index (χ4n) is 4.11. The molecule has 4 aromatic rings. The van der Waals surface area contributed by atoms with Crippen molar-refractivity contribution >= 4 is 28.0 Å². The zero-order chi connectivity index (χ0) is 22.2. The summed E-state index contributed by atoms with van der Waals surface area (Å²) >= 11 is 0. The van der Waals surface area contributed by atoms with Crippen LogP contribution < -0.4 is 15.4 Å². The van der Waals surface area contributed by atoms with Crippen LogP contribution in [-0.2, 0) is 18.8 Å².